The molecule has 1 aromatic carbocycles. The number of halogens is 3. The molecule has 0 atom stereocenters. The summed E-state index contributed by atoms with van der Waals surface area (Å²) in [5.41, 5.74) is 9.74. The van der Waals surface area contributed by atoms with Gasteiger partial charge in [0, 0.05) is 0 Å². The summed E-state index contributed by atoms with van der Waals surface area (Å²) in [4.78, 5) is 0. The minimum Gasteiger partial charge on any atom is -0.369 e. The van der Waals surface area contributed by atoms with Gasteiger partial charge in [0.1, 0.15) is 0 Å². The largest absolute Gasteiger partial charge is 0.369 e. The first-order valence-electron chi connectivity index (χ1n) is 3.78. The number of nitrogens with two attached hydrogens (primary N) is 2. The van der Waals surface area contributed by atoms with Gasteiger partial charge >= 0.3 is 0 Å². The Morgan fingerprint density at radius 1 is 1.33 bits per heavy atom. The van der Waals surface area contributed by atoms with E-state index in [0.29, 0.717) is 0 Å². The van der Waals surface area contributed by atoms with E-state index in [-0.39, 0.29) is 16.5 Å². The highest BCUT2D eigenvalue weighted by Crippen LogP contribution is 2.19. The third kappa shape index (κ3) is 2.88. The van der Waals surface area contributed by atoms with Gasteiger partial charge in [-0.3, -0.25) is 0 Å². The van der Waals surface area contributed by atoms with Crippen LogP contribution >= 0.6 is 11.6 Å². The molecule has 0 aliphatic rings. The van der Waals surface area contributed by atoms with Crippen LogP contribution in [0.3, 0.4) is 0 Å². The summed E-state index contributed by atoms with van der Waals surface area (Å²) in [7, 11) is 0. The van der Waals surface area contributed by atoms with Crippen LogP contribution in [0.5, 0.6) is 0 Å². The maximum atomic E-state index is 13.1. The molecule has 1 rings (SSSR count). The number of benzene rings is 1. The lowest BCUT2D eigenvalue weighted by Crippen LogP contribution is -2.21. The number of rotatable bonds is 2. The van der Waals surface area contributed by atoms with Gasteiger partial charge in [-0.1, -0.05) is 11.6 Å². The fraction of sp³-hybridized carbons (Fsp3) is 0. The lowest BCUT2D eigenvalue weighted by atomic mass is 10.2. The van der Waals surface area contributed by atoms with Gasteiger partial charge in [0.25, 0.3) is 0 Å². The number of hydrogen-bond donors (Lipinski definition) is 2. The Morgan fingerprint density at radius 2 is 2.00 bits per heavy atom. The van der Waals surface area contributed by atoms with Crippen LogP contribution < -0.4 is 11.5 Å². The molecule has 15 heavy (non-hydrogen) atoms. The maximum Gasteiger partial charge on any atom is 0.211 e. The van der Waals surface area contributed by atoms with Crippen molar-refractivity contribution in [2.24, 2.45) is 21.7 Å². The van der Waals surface area contributed by atoms with Gasteiger partial charge in [0.05, 0.1) is 16.8 Å². The zero-order valence-electron chi connectivity index (χ0n) is 7.42. The van der Waals surface area contributed by atoms with Crippen LogP contribution in [0.25, 0.3) is 0 Å². The Bertz CT molecular complexity index is 427. The molecule has 7 heteroatoms. The first kappa shape index (κ1) is 11.4. The van der Waals surface area contributed by atoms with Crippen LogP contribution in [0.2, 0.25) is 5.02 Å². The molecule has 0 aromatic heterocycles. The van der Waals surface area contributed by atoms with Crippen molar-refractivity contribution in [3.8, 4) is 0 Å². The molecule has 0 unspecified atom stereocenters. The first-order valence-corrected chi connectivity index (χ1v) is 4.15. The molecular formula is C8H7ClF2N4. The lowest BCUT2D eigenvalue weighted by Gasteiger charge is -1.99. The smallest absolute Gasteiger partial charge is 0.211 e. The molecule has 0 fully saturated rings. The van der Waals surface area contributed by atoms with Crippen LogP contribution in [0.4, 0.5) is 8.78 Å². The first-order chi connectivity index (χ1) is 7.02. The van der Waals surface area contributed by atoms with E-state index in [9.17, 15) is 8.78 Å². The molecule has 0 saturated heterocycles. The van der Waals surface area contributed by atoms with E-state index in [1.807, 2.05) is 0 Å². The molecule has 0 heterocycles. The van der Waals surface area contributed by atoms with Gasteiger partial charge < -0.3 is 11.5 Å². The minimum atomic E-state index is -1.10. The predicted molar refractivity (Wildman–Crippen MR) is 54.8 cm³/mol. The quantitative estimate of drug-likeness (QED) is 0.348. The number of nitrogens with zero attached hydrogens (tertiary/aromatic N) is 2. The van der Waals surface area contributed by atoms with E-state index in [1.165, 1.54) is 6.07 Å². The number of hydrogen-bond acceptors (Lipinski definition) is 2. The van der Waals surface area contributed by atoms with Crippen molar-refractivity contribution in [2.45, 2.75) is 0 Å². The molecule has 0 aliphatic heterocycles. The lowest BCUT2D eigenvalue weighted by molar-refractivity contribution is 0.507. The molecule has 80 valence electrons. The Hall–Kier alpha value is -1.69. The minimum absolute atomic E-state index is 0.0171. The summed E-state index contributed by atoms with van der Waals surface area (Å²) >= 11 is 5.61. The average Bonchev–Trinajstić information content (AvgIpc) is 2.17. The summed E-state index contributed by atoms with van der Waals surface area (Å²) in [5.74, 6) is -2.42. The summed E-state index contributed by atoms with van der Waals surface area (Å²) in [6.07, 6.45) is 0.931. The van der Waals surface area contributed by atoms with Crippen molar-refractivity contribution in [1.29, 1.82) is 0 Å². The molecule has 0 spiro atoms. The fourth-order valence-corrected chi connectivity index (χ4v) is 1.01. The van der Waals surface area contributed by atoms with Crippen molar-refractivity contribution < 1.29 is 8.78 Å². The predicted octanol–water partition coefficient (Wildman–Crippen LogP) is 1.23. The van der Waals surface area contributed by atoms with Crippen LogP contribution in [0.1, 0.15) is 5.56 Å². The van der Waals surface area contributed by atoms with Crippen molar-refractivity contribution in [1.82, 2.24) is 0 Å². The third-order valence-electron chi connectivity index (χ3n) is 1.44. The number of guanidine groups is 1. The monoisotopic (exact) mass is 232 g/mol. The molecule has 0 amide bonds. The average molecular weight is 233 g/mol. The van der Waals surface area contributed by atoms with Gasteiger partial charge in [-0.2, -0.15) is 5.10 Å². The van der Waals surface area contributed by atoms with E-state index in [1.54, 1.807) is 0 Å². The van der Waals surface area contributed by atoms with Crippen molar-refractivity contribution in [3.05, 3.63) is 34.4 Å². The Morgan fingerprint density at radius 3 is 2.60 bits per heavy atom. The van der Waals surface area contributed by atoms with Crippen LogP contribution in [0, 0.1) is 11.6 Å². The highest BCUT2D eigenvalue weighted by Gasteiger charge is 2.09. The SMILES string of the molecule is NC(N)=NN=Cc1c(Cl)ccc(F)c1F. The van der Waals surface area contributed by atoms with Crippen molar-refractivity contribution >= 4 is 23.8 Å². The topological polar surface area (TPSA) is 76.8 Å². The van der Waals surface area contributed by atoms with Crippen molar-refractivity contribution in [3.63, 3.8) is 0 Å². The zero-order valence-corrected chi connectivity index (χ0v) is 8.17. The van der Waals surface area contributed by atoms with Crippen LogP contribution in [-0.4, -0.2) is 12.2 Å². The maximum absolute atomic E-state index is 13.1. The van der Waals surface area contributed by atoms with E-state index < -0.39 is 11.6 Å². The van der Waals surface area contributed by atoms with E-state index in [2.05, 4.69) is 10.2 Å². The molecule has 1 aromatic rings. The highest BCUT2D eigenvalue weighted by atomic mass is 35.5. The fourth-order valence-electron chi connectivity index (χ4n) is 0.814. The Balaban J connectivity index is 3.09. The molecule has 0 radical (unpaired) electrons. The molecule has 4 nitrogen and oxygen atoms in total. The van der Waals surface area contributed by atoms with E-state index >= 15 is 0 Å². The molecule has 0 bridgehead atoms. The summed E-state index contributed by atoms with van der Waals surface area (Å²) in [5, 5.41) is 6.57. The molecule has 0 aliphatic carbocycles. The zero-order chi connectivity index (χ0) is 11.4. The van der Waals surface area contributed by atoms with Crippen molar-refractivity contribution in [2.75, 3.05) is 0 Å². The van der Waals surface area contributed by atoms with Gasteiger partial charge in [-0.15, -0.1) is 5.10 Å². The van der Waals surface area contributed by atoms with E-state index in [0.717, 1.165) is 12.3 Å². The molecular weight excluding hydrogens is 226 g/mol. The van der Waals surface area contributed by atoms with Gasteiger partial charge in [0.2, 0.25) is 5.96 Å². The third-order valence-corrected chi connectivity index (χ3v) is 1.77. The highest BCUT2D eigenvalue weighted by molar-refractivity contribution is 6.33. The summed E-state index contributed by atoms with van der Waals surface area (Å²) in [6, 6.07) is 2.12. The van der Waals surface area contributed by atoms with E-state index in [4.69, 9.17) is 23.1 Å². The summed E-state index contributed by atoms with van der Waals surface area (Å²) in [6.45, 7) is 0. The van der Waals surface area contributed by atoms with Crippen LogP contribution in [-0.2, 0) is 0 Å². The van der Waals surface area contributed by atoms with Gasteiger partial charge in [-0.05, 0) is 12.1 Å². The molecule has 0 saturated carbocycles. The van der Waals surface area contributed by atoms with Gasteiger partial charge in [-0.25, -0.2) is 8.78 Å². The molecule has 4 N–H and O–H groups in total. The standard InChI is InChI=1S/C8H7ClF2N4/c9-5-1-2-6(10)7(11)4(5)3-14-15-8(12)13/h1-3H,(H4,12,13,15). The van der Waals surface area contributed by atoms with Gasteiger partial charge in [0.15, 0.2) is 11.6 Å². The second kappa shape index (κ2) is 4.70. The second-order valence-electron chi connectivity index (χ2n) is 2.53. The Kier molecular flexibility index (Phi) is 3.56. The van der Waals surface area contributed by atoms with Crippen LogP contribution in [0.15, 0.2) is 22.3 Å². The normalized spacial score (nSPS) is 10.6. The summed E-state index contributed by atoms with van der Waals surface area (Å²) < 4.78 is 25.9. The second-order valence-corrected chi connectivity index (χ2v) is 2.93. The Labute approximate surface area is 89.2 Å².